The van der Waals surface area contributed by atoms with Gasteiger partial charge in [-0.25, -0.2) is 8.78 Å². The zero-order valence-corrected chi connectivity index (χ0v) is 18.9. The first kappa shape index (κ1) is 24.7. The van der Waals surface area contributed by atoms with Crippen molar-refractivity contribution in [3.8, 4) is 5.75 Å². The number of pyridine rings is 1. The van der Waals surface area contributed by atoms with E-state index in [4.69, 9.17) is 4.74 Å². The van der Waals surface area contributed by atoms with E-state index in [9.17, 15) is 28.3 Å². The largest absolute Gasteiger partial charge is 0.503 e. The number of benzene rings is 1. The van der Waals surface area contributed by atoms with Crippen molar-refractivity contribution < 1.29 is 28.2 Å². The van der Waals surface area contributed by atoms with E-state index < -0.39 is 40.2 Å². The molecule has 0 radical (unpaired) electrons. The molecule has 1 fully saturated rings. The van der Waals surface area contributed by atoms with Crippen LogP contribution < -0.4 is 10.7 Å². The van der Waals surface area contributed by atoms with E-state index in [1.165, 1.54) is 16.8 Å². The molecule has 4 rings (SSSR count). The van der Waals surface area contributed by atoms with Gasteiger partial charge < -0.3 is 24.6 Å². The number of carbonyl (C=O) groups excluding carboxylic acids is 2. The number of halogens is 3. The zero-order chi connectivity index (χ0) is 23.2. The van der Waals surface area contributed by atoms with Gasteiger partial charge in [0.2, 0.25) is 5.43 Å². The summed E-state index contributed by atoms with van der Waals surface area (Å²) in [6, 6.07) is 2.94. The number of likely N-dealkylation sites (N-methyl/N-ethyl adjacent to an activating group) is 1. The molecular formula is C22H24ClF2N3O5. The Kier molecular flexibility index (Phi) is 6.80. The SMILES string of the molecule is CCN1C[C@]2(C[C@H](OC)C2)n2cc(C(=O)NCc3ccc(F)cc3F)c(=O)c(O)c2C1=O.Cl. The van der Waals surface area contributed by atoms with Crippen molar-refractivity contribution in [2.75, 3.05) is 20.2 Å². The highest BCUT2D eigenvalue weighted by Gasteiger charge is 2.52. The summed E-state index contributed by atoms with van der Waals surface area (Å²) in [7, 11) is 1.58. The summed E-state index contributed by atoms with van der Waals surface area (Å²) in [5, 5.41) is 13.0. The lowest BCUT2D eigenvalue weighted by Gasteiger charge is -2.53. The van der Waals surface area contributed by atoms with Gasteiger partial charge in [-0.1, -0.05) is 6.07 Å². The maximum Gasteiger partial charge on any atom is 0.274 e. The van der Waals surface area contributed by atoms with Crippen molar-refractivity contribution >= 4 is 24.2 Å². The van der Waals surface area contributed by atoms with E-state index in [0.717, 1.165) is 6.07 Å². The molecule has 8 nitrogen and oxygen atoms in total. The molecule has 0 saturated heterocycles. The summed E-state index contributed by atoms with van der Waals surface area (Å²) < 4.78 is 33.8. The predicted molar refractivity (Wildman–Crippen MR) is 117 cm³/mol. The fourth-order valence-corrected chi connectivity index (χ4v) is 4.47. The van der Waals surface area contributed by atoms with E-state index in [1.807, 2.05) is 0 Å². The summed E-state index contributed by atoms with van der Waals surface area (Å²) in [5.74, 6) is -3.71. The molecule has 2 aromatic rings. The minimum atomic E-state index is -0.989. The Balaban J connectivity index is 0.00000306. The van der Waals surface area contributed by atoms with Gasteiger partial charge in [-0.2, -0.15) is 0 Å². The normalized spacial score (nSPS) is 21.3. The molecule has 1 aliphatic carbocycles. The number of hydrogen-bond donors (Lipinski definition) is 2. The van der Waals surface area contributed by atoms with Gasteiger partial charge in [0, 0.05) is 44.6 Å². The number of ether oxygens (including phenoxy) is 1. The summed E-state index contributed by atoms with van der Waals surface area (Å²) in [5.41, 5.74) is -2.08. The Hall–Kier alpha value is -2.98. The van der Waals surface area contributed by atoms with Gasteiger partial charge in [0.1, 0.15) is 17.2 Å². The molecule has 33 heavy (non-hydrogen) atoms. The van der Waals surface area contributed by atoms with Crippen molar-refractivity contribution in [3.63, 3.8) is 0 Å². The summed E-state index contributed by atoms with van der Waals surface area (Å²) >= 11 is 0. The standard InChI is InChI=1S/C22H23F2N3O5.ClH/c1-3-26-11-22(7-14(8-22)32-2)27-10-15(18(28)19(29)17(27)21(26)31)20(30)25-9-12-4-5-13(23)6-16(12)24;/h4-6,10,14,29H,3,7-9,11H2,1-2H3,(H,25,30);1H/t14-,22+;. The topological polar surface area (TPSA) is 101 Å². The van der Waals surface area contributed by atoms with Gasteiger partial charge in [-0.15, -0.1) is 12.4 Å². The second kappa shape index (κ2) is 9.11. The number of aromatic nitrogens is 1. The fraction of sp³-hybridized carbons (Fsp3) is 0.409. The summed E-state index contributed by atoms with van der Waals surface area (Å²) in [6.07, 6.45) is 2.33. The third-order valence-electron chi connectivity index (χ3n) is 6.30. The second-order valence-corrected chi connectivity index (χ2v) is 8.17. The van der Waals surface area contributed by atoms with Gasteiger partial charge in [0.05, 0.1) is 11.6 Å². The maximum atomic E-state index is 13.9. The van der Waals surface area contributed by atoms with Crippen LogP contribution in [0.1, 0.15) is 46.2 Å². The van der Waals surface area contributed by atoms with Crippen LogP contribution >= 0.6 is 12.4 Å². The van der Waals surface area contributed by atoms with Crippen LogP contribution in [-0.2, 0) is 16.8 Å². The number of nitrogens with one attached hydrogen (secondary N) is 1. The number of methoxy groups -OCH3 is 1. The third kappa shape index (κ3) is 4.08. The highest BCUT2D eigenvalue weighted by molar-refractivity contribution is 5.99. The molecule has 2 amide bonds. The van der Waals surface area contributed by atoms with Crippen LogP contribution in [-0.4, -0.2) is 52.7 Å². The lowest BCUT2D eigenvalue weighted by atomic mass is 9.72. The monoisotopic (exact) mass is 483 g/mol. The van der Waals surface area contributed by atoms with E-state index in [2.05, 4.69) is 5.32 Å². The van der Waals surface area contributed by atoms with Crippen LogP contribution in [0, 0.1) is 11.6 Å². The maximum absolute atomic E-state index is 13.9. The van der Waals surface area contributed by atoms with Gasteiger partial charge in [0.15, 0.2) is 11.4 Å². The number of fused-ring (bicyclic) bond motifs is 2. The molecule has 2 heterocycles. The lowest BCUT2D eigenvalue weighted by Crippen LogP contribution is -2.62. The Morgan fingerprint density at radius 2 is 2.00 bits per heavy atom. The molecule has 0 atom stereocenters. The van der Waals surface area contributed by atoms with Crippen LogP contribution in [0.5, 0.6) is 5.75 Å². The first-order chi connectivity index (χ1) is 15.2. The van der Waals surface area contributed by atoms with Crippen molar-refractivity contribution in [3.05, 3.63) is 63.1 Å². The molecule has 0 bridgehead atoms. The molecule has 11 heteroatoms. The van der Waals surface area contributed by atoms with E-state index in [1.54, 1.807) is 18.9 Å². The highest BCUT2D eigenvalue weighted by atomic mass is 35.5. The lowest BCUT2D eigenvalue weighted by molar-refractivity contribution is -0.0693. The molecule has 0 unspecified atom stereocenters. The van der Waals surface area contributed by atoms with Gasteiger partial charge in [-0.05, 0) is 25.8 Å². The minimum absolute atomic E-state index is 0. The molecule has 1 aromatic carbocycles. The van der Waals surface area contributed by atoms with Gasteiger partial charge in [-0.3, -0.25) is 14.4 Å². The number of hydrogen-bond acceptors (Lipinski definition) is 5. The van der Waals surface area contributed by atoms with E-state index >= 15 is 0 Å². The smallest absolute Gasteiger partial charge is 0.274 e. The number of aromatic hydroxyl groups is 1. The van der Waals surface area contributed by atoms with Crippen molar-refractivity contribution in [1.82, 2.24) is 14.8 Å². The minimum Gasteiger partial charge on any atom is -0.503 e. The summed E-state index contributed by atoms with van der Waals surface area (Å²) in [6.45, 7) is 2.28. The first-order valence-electron chi connectivity index (χ1n) is 10.2. The zero-order valence-electron chi connectivity index (χ0n) is 18.1. The number of amides is 2. The van der Waals surface area contributed by atoms with Crippen LogP contribution in [0.4, 0.5) is 8.78 Å². The number of nitrogens with zero attached hydrogens (tertiary/aromatic N) is 2. The molecule has 1 aliphatic heterocycles. The quantitative estimate of drug-likeness (QED) is 0.679. The molecule has 1 spiro atoms. The predicted octanol–water partition coefficient (Wildman–Crippen LogP) is 2.16. The summed E-state index contributed by atoms with van der Waals surface area (Å²) in [4.78, 5) is 39.9. The van der Waals surface area contributed by atoms with Crippen LogP contribution in [0.2, 0.25) is 0 Å². The fourth-order valence-electron chi connectivity index (χ4n) is 4.47. The first-order valence-corrected chi connectivity index (χ1v) is 10.2. The van der Waals surface area contributed by atoms with Crippen LogP contribution in [0.15, 0.2) is 29.2 Å². The molecule has 1 saturated carbocycles. The van der Waals surface area contributed by atoms with Crippen LogP contribution in [0.3, 0.4) is 0 Å². The van der Waals surface area contributed by atoms with Gasteiger partial charge >= 0.3 is 0 Å². The molecular weight excluding hydrogens is 460 g/mol. The molecule has 178 valence electrons. The second-order valence-electron chi connectivity index (χ2n) is 8.17. The van der Waals surface area contributed by atoms with Gasteiger partial charge in [0.25, 0.3) is 11.8 Å². The average molecular weight is 484 g/mol. The molecule has 2 aliphatic rings. The third-order valence-corrected chi connectivity index (χ3v) is 6.30. The Labute approximate surface area is 194 Å². The Bertz CT molecular complexity index is 1160. The van der Waals surface area contributed by atoms with E-state index in [0.29, 0.717) is 32.0 Å². The van der Waals surface area contributed by atoms with E-state index in [-0.39, 0.29) is 41.9 Å². The molecule has 2 N–H and O–H groups in total. The highest BCUT2D eigenvalue weighted by Crippen LogP contribution is 2.45. The van der Waals surface area contributed by atoms with Crippen molar-refractivity contribution in [2.24, 2.45) is 0 Å². The molecule has 1 aromatic heterocycles. The number of carbonyl (C=O) groups is 2. The van der Waals surface area contributed by atoms with Crippen molar-refractivity contribution in [2.45, 2.75) is 38.0 Å². The Morgan fingerprint density at radius 1 is 1.30 bits per heavy atom. The number of rotatable bonds is 5. The Morgan fingerprint density at radius 3 is 2.61 bits per heavy atom. The average Bonchev–Trinajstić information content (AvgIpc) is 2.74. The van der Waals surface area contributed by atoms with Crippen LogP contribution in [0.25, 0.3) is 0 Å². The van der Waals surface area contributed by atoms with Crippen molar-refractivity contribution in [1.29, 1.82) is 0 Å².